The van der Waals surface area contributed by atoms with Crippen LogP contribution in [-0.2, 0) is 6.42 Å². The quantitative estimate of drug-likeness (QED) is 0.768. The normalized spacial score (nSPS) is 27.2. The molecule has 2 unspecified atom stereocenters. The molecule has 1 N–H and O–H groups in total. The Kier molecular flexibility index (Phi) is 4.77. The monoisotopic (exact) mass is 271 g/mol. The summed E-state index contributed by atoms with van der Waals surface area (Å²) in [4.78, 5) is 0. The Balaban J connectivity index is 1.70. The predicted molar refractivity (Wildman–Crippen MR) is 86.2 cm³/mol. The molecule has 0 spiro atoms. The Labute approximate surface area is 124 Å². The Morgan fingerprint density at radius 2 is 1.70 bits per heavy atom. The average Bonchev–Trinajstić information content (AvgIpc) is 3.32. The number of aryl methyl sites for hydroxylation is 1. The van der Waals surface area contributed by atoms with Crippen molar-refractivity contribution in [2.75, 3.05) is 6.54 Å². The summed E-state index contributed by atoms with van der Waals surface area (Å²) in [6.45, 7) is 3.48. The third-order valence-electron chi connectivity index (χ3n) is 5.22. The van der Waals surface area contributed by atoms with E-state index in [0.29, 0.717) is 0 Å². The molecule has 110 valence electrons. The van der Waals surface area contributed by atoms with Crippen LogP contribution in [0.1, 0.15) is 68.9 Å². The fourth-order valence-electron chi connectivity index (χ4n) is 3.67. The molecule has 1 aromatic rings. The van der Waals surface area contributed by atoms with E-state index in [-0.39, 0.29) is 0 Å². The molecule has 2 saturated carbocycles. The first-order chi connectivity index (χ1) is 9.86. The molecule has 0 radical (unpaired) electrons. The first-order valence-corrected chi connectivity index (χ1v) is 8.69. The van der Waals surface area contributed by atoms with Crippen LogP contribution >= 0.6 is 0 Å². The summed E-state index contributed by atoms with van der Waals surface area (Å²) in [7, 11) is 0. The van der Waals surface area contributed by atoms with E-state index in [0.717, 1.165) is 24.3 Å². The molecule has 0 bridgehead atoms. The molecule has 0 heterocycles. The highest BCUT2D eigenvalue weighted by Gasteiger charge is 2.27. The lowest BCUT2D eigenvalue weighted by molar-refractivity contribution is 0.374. The number of nitrogens with one attached hydrogen (secondary N) is 1. The van der Waals surface area contributed by atoms with Gasteiger partial charge in [-0.1, -0.05) is 50.5 Å². The lowest BCUT2D eigenvalue weighted by atomic mass is 9.82. The van der Waals surface area contributed by atoms with Gasteiger partial charge in [-0.05, 0) is 61.6 Å². The maximum absolute atomic E-state index is 3.78. The van der Waals surface area contributed by atoms with Crippen LogP contribution in [0.25, 0.3) is 0 Å². The topological polar surface area (TPSA) is 12.0 Å². The fourth-order valence-corrected chi connectivity index (χ4v) is 3.67. The largest absolute Gasteiger partial charge is 0.314 e. The van der Waals surface area contributed by atoms with Gasteiger partial charge < -0.3 is 5.32 Å². The van der Waals surface area contributed by atoms with Crippen molar-refractivity contribution in [1.82, 2.24) is 5.32 Å². The van der Waals surface area contributed by atoms with Gasteiger partial charge in [0, 0.05) is 6.04 Å². The Hall–Kier alpha value is -0.820. The average molecular weight is 271 g/mol. The molecule has 1 nitrogen and oxygen atoms in total. The molecule has 2 aliphatic carbocycles. The highest BCUT2D eigenvalue weighted by molar-refractivity contribution is 5.26. The van der Waals surface area contributed by atoms with E-state index in [4.69, 9.17) is 0 Å². The zero-order valence-electron chi connectivity index (χ0n) is 12.9. The van der Waals surface area contributed by atoms with Crippen LogP contribution < -0.4 is 5.32 Å². The SMILES string of the molecule is CCc1ccc(C2CCCCCC2CNC2CC2)cc1. The van der Waals surface area contributed by atoms with Crippen LogP contribution in [0, 0.1) is 5.92 Å². The highest BCUT2D eigenvalue weighted by Crippen LogP contribution is 2.37. The first kappa shape index (κ1) is 14.1. The zero-order valence-corrected chi connectivity index (χ0v) is 12.9. The van der Waals surface area contributed by atoms with Gasteiger partial charge in [0.2, 0.25) is 0 Å². The van der Waals surface area contributed by atoms with Crippen molar-refractivity contribution >= 4 is 0 Å². The van der Waals surface area contributed by atoms with Crippen LogP contribution in [-0.4, -0.2) is 12.6 Å². The second kappa shape index (κ2) is 6.76. The van der Waals surface area contributed by atoms with E-state index in [1.54, 1.807) is 5.56 Å². The third-order valence-corrected chi connectivity index (χ3v) is 5.22. The van der Waals surface area contributed by atoms with Crippen molar-refractivity contribution in [3.05, 3.63) is 35.4 Å². The minimum Gasteiger partial charge on any atom is -0.314 e. The molecule has 2 fully saturated rings. The summed E-state index contributed by atoms with van der Waals surface area (Å²) < 4.78 is 0. The lowest BCUT2D eigenvalue weighted by Crippen LogP contribution is -2.28. The molecule has 2 aliphatic rings. The number of hydrogen-bond donors (Lipinski definition) is 1. The van der Waals surface area contributed by atoms with E-state index < -0.39 is 0 Å². The number of rotatable bonds is 5. The molecular weight excluding hydrogens is 242 g/mol. The van der Waals surface area contributed by atoms with Gasteiger partial charge in [-0.3, -0.25) is 0 Å². The van der Waals surface area contributed by atoms with Crippen molar-refractivity contribution in [3.8, 4) is 0 Å². The molecule has 20 heavy (non-hydrogen) atoms. The Morgan fingerprint density at radius 1 is 0.950 bits per heavy atom. The second-order valence-electron chi connectivity index (χ2n) is 6.78. The van der Waals surface area contributed by atoms with Gasteiger partial charge in [-0.2, -0.15) is 0 Å². The molecule has 1 aromatic carbocycles. The molecule has 1 heteroatoms. The van der Waals surface area contributed by atoms with Gasteiger partial charge in [0.15, 0.2) is 0 Å². The summed E-state index contributed by atoms with van der Waals surface area (Å²) in [6, 6.07) is 10.3. The summed E-state index contributed by atoms with van der Waals surface area (Å²) in [5, 5.41) is 3.78. The Morgan fingerprint density at radius 3 is 2.40 bits per heavy atom. The van der Waals surface area contributed by atoms with Gasteiger partial charge >= 0.3 is 0 Å². The van der Waals surface area contributed by atoms with Crippen molar-refractivity contribution < 1.29 is 0 Å². The fraction of sp³-hybridized carbons (Fsp3) is 0.684. The van der Waals surface area contributed by atoms with Gasteiger partial charge in [0.25, 0.3) is 0 Å². The maximum Gasteiger partial charge on any atom is 0.00683 e. The van der Waals surface area contributed by atoms with Crippen molar-refractivity contribution in [3.63, 3.8) is 0 Å². The van der Waals surface area contributed by atoms with Crippen molar-refractivity contribution in [1.29, 1.82) is 0 Å². The summed E-state index contributed by atoms with van der Waals surface area (Å²) in [5.74, 6) is 1.64. The van der Waals surface area contributed by atoms with Crippen LogP contribution in [0.2, 0.25) is 0 Å². The lowest BCUT2D eigenvalue weighted by Gasteiger charge is -2.26. The van der Waals surface area contributed by atoms with Gasteiger partial charge in [-0.25, -0.2) is 0 Å². The van der Waals surface area contributed by atoms with Crippen LogP contribution in [0.15, 0.2) is 24.3 Å². The molecule has 2 atom stereocenters. The summed E-state index contributed by atoms with van der Waals surface area (Å²) >= 11 is 0. The van der Waals surface area contributed by atoms with Crippen molar-refractivity contribution in [2.45, 2.75) is 70.3 Å². The first-order valence-electron chi connectivity index (χ1n) is 8.69. The van der Waals surface area contributed by atoms with Gasteiger partial charge in [0.05, 0.1) is 0 Å². The summed E-state index contributed by atoms with van der Waals surface area (Å²) in [5.41, 5.74) is 3.06. The van der Waals surface area contributed by atoms with E-state index in [1.165, 1.54) is 57.1 Å². The highest BCUT2D eigenvalue weighted by atomic mass is 14.9. The molecule has 0 amide bonds. The second-order valence-corrected chi connectivity index (χ2v) is 6.78. The Bertz CT molecular complexity index is 404. The smallest absolute Gasteiger partial charge is 0.00683 e. The number of benzene rings is 1. The van der Waals surface area contributed by atoms with Crippen molar-refractivity contribution in [2.24, 2.45) is 5.92 Å². The zero-order chi connectivity index (χ0) is 13.8. The summed E-state index contributed by atoms with van der Waals surface area (Å²) in [6.07, 6.45) is 11.1. The minimum atomic E-state index is 0.787. The van der Waals surface area contributed by atoms with Gasteiger partial charge in [-0.15, -0.1) is 0 Å². The molecular formula is C19H29N. The number of hydrogen-bond acceptors (Lipinski definition) is 1. The molecule has 3 rings (SSSR count). The van der Waals surface area contributed by atoms with E-state index >= 15 is 0 Å². The van der Waals surface area contributed by atoms with E-state index in [2.05, 4.69) is 36.5 Å². The standard InChI is InChI=1S/C19H29N/c1-2-15-8-10-16(11-9-15)19-7-5-3-4-6-17(19)14-20-18-12-13-18/h8-11,17-20H,2-7,12-14H2,1H3. The minimum absolute atomic E-state index is 0.787. The van der Waals surface area contributed by atoms with E-state index in [1.807, 2.05) is 0 Å². The predicted octanol–water partition coefficient (Wildman–Crippen LogP) is 4.66. The van der Waals surface area contributed by atoms with Crippen LogP contribution in [0.3, 0.4) is 0 Å². The molecule has 0 aliphatic heterocycles. The van der Waals surface area contributed by atoms with Gasteiger partial charge in [0.1, 0.15) is 0 Å². The molecule has 0 saturated heterocycles. The third kappa shape index (κ3) is 3.63. The van der Waals surface area contributed by atoms with Crippen LogP contribution in [0.5, 0.6) is 0 Å². The maximum atomic E-state index is 3.78. The van der Waals surface area contributed by atoms with Crippen LogP contribution in [0.4, 0.5) is 0 Å². The van der Waals surface area contributed by atoms with E-state index in [9.17, 15) is 0 Å². The molecule has 0 aromatic heterocycles.